The number of aromatic nitrogens is 2. The number of benzene rings is 2. The first-order chi connectivity index (χ1) is 15.5. The standard InChI is InChI=1S/C24H23ClN4O3/c1-29-14-16(25)13-21(29)24(31)28-27-22(30)12-11-19-18-5-3-4-6-20(18)26-23(19)15-7-9-17(32-2)10-8-15/h3-10,13-14,26H,11-12H2,1-2H3,(H,27,30)(H,28,31). The van der Waals surface area contributed by atoms with Crippen LogP contribution in [-0.2, 0) is 18.3 Å². The summed E-state index contributed by atoms with van der Waals surface area (Å²) in [5, 5.41) is 1.52. The summed E-state index contributed by atoms with van der Waals surface area (Å²) in [6.07, 6.45) is 2.33. The van der Waals surface area contributed by atoms with Gasteiger partial charge in [0.1, 0.15) is 11.4 Å². The first-order valence-corrected chi connectivity index (χ1v) is 10.5. The van der Waals surface area contributed by atoms with E-state index in [2.05, 4.69) is 15.8 Å². The van der Waals surface area contributed by atoms with Crippen molar-refractivity contribution < 1.29 is 14.3 Å². The molecule has 164 valence electrons. The molecule has 8 heteroatoms. The molecule has 0 radical (unpaired) electrons. The van der Waals surface area contributed by atoms with E-state index < -0.39 is 5.91 Å². The van der Waals surface area contributed by atoms with Gasteiger partial charge in [-0.2, -0.15) is 0 Å². The fourth-order valence-electron chi connectivity index (χ4n) is 3.71. The number of hydrogen-bond acceptors (Lipinski definition) is 3. The molecular formula is C24H23ClN4O3. The molecule has 4 aromatic rings. The zero-order valence-corrected chi connectivity index (χ0v) is 18.5. The minimum absolute atomic E-state index is 0.208. The third kappa shape index (κ3) is 4.48. The number of nitrogens with one attached hydrogen (secondary N) is 3. The summed E-state index contributed by atoms with van der Waals surface area (Å²) in [5.74, 6) is 0.0597. The van der Waals surface area contributed by atoms with Crippen molar-refractivity contribution in [2.24, 2.45) is 7.05 Å². The van der Waals surface area contributed by atoms with Crippen molar-refractivity contribution in [3.63, 3.8) is 0 Å². The van der Waals surface area contributed by atoms with Gasteiger partial charge in [-0.3, -0.25) is 20.4 Å². The van der Waals surface area contributed by atoms with Gasteiger partial charge in [0.15, 0.2) is 0 Å². The number of fused-ring (bicyclic) bond motifs is 1. The Morgan fingerprint density at radius 3 is 2.53 bits per heavy atom. The second-order valence-electron chi connectivity index (χ2n) is 7.41. The molecule has 0 unspecified atom stereocenters. The number of methoxy groups -OCH3 is 1. The van der Waals surface area contributed by atoms with Gasteiger partial charge in [0, 0.05) is 36.3 Å². The molecule has 3 N–H and O–H groups in total. The lowest BCUT2D eigenvalue weighted by atomic mass is 10.0. The van der Waals surface area contributed by atoms with Crippen LogP contribution in [0, 0.1) is 0 Å². The van der Waals surface area contributed by atoms with Crippen LogP contribution in [0.5, 0.6) is 5.75 Å². The number of carbonyl (C=O) groups excluding carboxylic acids is 2. The summed E-state index contributed by atoms with van der Waals surface area (Å²) in [7, 11) is 3.34. The van der Waals surface area contributed by atoms with Crippen molar-refractivity contribution in [2.75, 3.05) is 7.11 Å². The number of amides is 2. The van der Waals surface area contributed by atoms with Crippen molar-refractivity contribution in [1.29, 1.82) is 0 Å². The molecule has 2 aromatic carbocycles. The lowest BCUT2D eigenvalue weighted by molar-refractivity contribution is -0.121. The van der Waals surface area contributed by atoms with Crippen LogP contribution < -0.4 is 15.6 Å². The highest BCUT2D eigenvalue weighted by molar-refractivity contribution is 6.31. The number of hydrazine groups is 1. The number of aryl methyl sites for hydroxylation is 2. The van der Waals surface area contributed by atoms with Crippen LogP contribution in [0.1, 0.15) is 22.5 Å². The summed E-state index contributed by atoms with van der Waals surface area (Å²) in [6, 6.07) is 17.3. The van der Waals surface area contributed by atoms with Gasteiger partial charge in [-0.15, -0.1) is 0 Å². The zero-order valence-electron chi connectivity index (χ0n) is 17.7. The van der Waals surface area contributed by atoms with Crippen LogP contribution in [0.2, 0.25) is 5.02 Å². The van der Waals surface area contributed by atoms with Gasteiger partial charge >= 0.3 is 0 Å². The molecule has 2 amide bonds. The normalized spacial score (nSPS) is 10.8. The Morgan fingerprint density at radius 2 is 1.84 bits per heavy atom. The lowest BCUT2D eigenvalue weighted by Gasteiger charge is -2.09. The molecule has 0 spiro atoms. The van der Waals surface area contributed by atoms with E-state index in [1.54, 1.807) is 24.9 Å². The van der Waals surface area contributed by atoms with Crippen molar-refractivity contribution >= 4 is 34.3 Å². The molecule has 0 aliphatic heterocycles. The molecular weight excluding hydrogens is 428 g/mol. The van der Waals surface area contributed by atoms with Crippen molar-refractivity contribution in [2.45, 2.75) is 12.8 Å². The van der Waals surface area contributed by atoms with E-state index in [-0.39, 0.29) is 12.3 Å². The third-order valence-corrected chi connectivity index (χ3v) is 5.52. The number of aromatic amines is 1. The minimum atomic E-state index is -0.432. The molecule has 0 bridgehead atoms. The van der Waals surface area contributed by atoms with Gasteiger partial charge in [0.05, 0.1) is 12.1 Å². The smallest absolute Gasteiger partial charge is 0.286 e. The van der Waals surface area contributed by atoms with E-state index >= 15 is 0 Å². The molecule has 0 saturated heterocycles. The molecule has 0 aliphatic carbocycles. The number of hydrogen-bond donors (Lipinski definition) is 3. The maximum Gasteiger partial charge on any atom is 0.286 e. The number of halogens is 1. The maximum absolute atomic E-state index is 12.4. The Bertz CT molecular complexity index is 1270. The molecule has 4 rings (SSSR count). The second-order valence-corrected chi connectivity index (χ2v) is 7.85. The average molecular weight is 451 g/mol. The van der Waals surface area contributed by atoms with E-state index in [1.807, 2.05) is 48.5 Å². The predicted molar refractivity (Wildman–Crippen MR) is 125 cm³/mol. The van der Waals surface area contributed by atoms with Crippen LogP contribution in [0.4, 0.5) is 0 Å². The van der Waals surface area contributed by atoms with Crippen LogP contribution in [0.3, 0.4) is 0 Å². The fourth-order valence-corrected chi connectivity index (χ4v) is 3.96. The summed E-state index contributed by atoms with van der Waals surface area (Å²) >= 11 is 5.91. The SMILES string of the molecule is COc1ccc(-c2[nH]c3ccccc3c2CCC(=O)NNC(=O)c2cc(Cl)cn2C)cc1. The summed E-state index contributed by atoms with van der Waals surface area (Å²) in [6.45, 7) is 0. The Morgan fingerprint density at radius 1 is 1.09 bits per heavy atom. The van der Waals surface area contributed by atoms with E-state index in [0.29, 0.717) is 17.1 Å². The largest absolute Gasteiger partial charge is 0.497 e. The molecule has 0 aliphatic rings. The number of ether oxygens (including phenoxy) is 1. The topological polar surface area (TPSA) is 88.2 Å². The Balaban J connectivity index is 1.48. The quantitative estimate of drug-likeness (QED) is 0.384. The lowest BCUT2D eigenvalue weighted by Crippen LogP contribution is -2.42. The monoisotopic (exact) mass is 450 g/mol. The average Bonchev–Trinajstić information content (AvgIpc) is 3.35. The maximum atomic E-state index is 12.4. The van der Waals surface area contributed by atoms with Gasteiger partial charge in [-0.1, -0.05) is 29.8 Å². The number of nitrogens with zero attached hydrogens (tertiary/aromatic N) is 1. The van der Waals surface area contributed by atoms with Crippen LogP contribution in [0.15, 0.2) is 60.8 Å². The highest BCUT2D eigenvalue weighted by atomic mass is 35.5. The third-order valence-electron chi connectivity index (χ3n) is 5.31. The highest BCUT2D eigenvalue weighted by Gasteiger charge is 2.16. The number of H-pyrrole nitrogens is 1. The van der Waals surface area contributed by atoms with E-state index in [0.717, 1.165) is 33.5 Å². The Hall–Kier alpha value is -3.71. The van der Waals surface area contributed by atoms with E-state index in [1.165, 1.54) is 6.07 Å². The number of rotatable bonds is 6. The van der Waals surface area contributed by atoms with Crippen molar-refractivity contribution in [1.82, 2.24) is 20.4 Å². The van der Waals surface area contributed by atoms with Crippen LogP contribution in [-0.4, -0.2) is 28.5 Å². The fraction of sp³-hybridized carbons (Fsp3) is 0.167. The predicted octanol–water partition coefficient (Wildman–Crippen LogP) is 4.23. The molecule has 0 atom stereocenters. The Kier molecular flexibility index (Phi) is 6.18. The number of para-hydroxylation sites is 1. The molecule has 2 heterocycles. The molecule has 0 saturated carbocycles. The van der Waals surface area contributed by atoms with Crippen molar-refractivity contribution in [3.8, 4) is 17.0 Å². The highest BCUT2D eigenvalue weighted by Crippen LogP contribution is 2.32. The van der Waals surface area contributed by atoms with Crippen molar-refractivity contribution in [3.05, 3.63) is 77.1 Å². The van der Waals surface area contributed by atoms with Gasteiger partial charge in [0.2, 0.25) is 5.91 Å². The Labute approximate surface area is 190 Å². The molecule has 32 heavy (non-hydrogen) atoms. The number of carbonyl (C=O) groups is 2. The van der Waals surface area contributed by atoms with Gasteiger partial charge in [0.25, 0.3) is 5.91 Å². The summed E-state index contributed by atoms with van der Waals surface area (Å²) < 4.78 is 6.85. The minimum Gasteiger partial charge on any atom is -0.497 e. The summed E-state index contributed by atoms with van der Waals surface area (Å²) in [5.41, 5.74) is 9.29. The van der Waals surface area contributed by atoms with Crippen LogP contribution in [0.25, 0.3) is 22.2 Å². The molecule has 7 nitrogen and oxygen atoms in total. The molecule has 2 aromatic heterocycles. The summed E-state index contributed by atoms with van der Waals surface area (Å²) in [4.78, 5) is 28.2. The first kappa shape index (κ1) is 21.5. The first-order valence-electron chi connectivity index (χ1n) is 10.1. The van der Waals surface area contributed by atoms with Gasteiger partial charge < -0.3 is 14.3 Å². The zero-order chi connectivity index (χ0) is 22.7. The van der Waals surface area contributed by atoms with E-state index in [9.17, 15) is 9.59 Å². The van der Waals surface area contributed by atoms with Crippen LogP contribution >= 0.6 is 11.6 Å². The second kappa shape index (κ2) is 9.20. The van der Waals surface area contributed by atoms with Gasteiger partial charge in [-0.05, 0) is 53.9 Å². The van der Waals surface area contributed by atoms with E-state index in [4.69, 9.17) is 16.3 Å². The molecule has 0 fully saturated rings. The van der Waals surface area contributed by atoms with Gasteiger partial charge in [-0.25, -0.2) is 0 Å².